The molecule has 26 heavy (non-hydrogen) atoms. The Morgan fingerprint density at radius 2 is 1.46 bits per heavy atom. The Morgan fingerprint density at radius 1 is 0.808 bits per heavy atom. The zero-order valence-corrected chi connectivity index (χ0v) is 15.6. The quantitative estimate of drug-likeness (QED) is 0.634. The van der Waals surface area contributed by atoms with Gasteiger partial charge in [-0.3, -0.25) is 4.98 Å². The largest absolute Gasteiger partial charge is 0.264 e. The molecule has 3 rings (SSSR count). The van der Waals surface area contributed by atoms with Gasteiger partial charge in [-0.05, 0) is 41.3 Å². The van der Waals surface area contributed by atoms with Crippen LogP contribution in [0.15, 0.2) is 84.0 Å². The molecule has 0 amide bonds. The molecule has 0 aliphatic carbocycles. The van der Waals surface area contributed by atoms with E-state index >= 15 is 0 Å². The summed E-state index contributed by atoms with van der Waals surface area (Å²) in [4.78, 5) is 4.40. The van der Waals surface area contributed by atoms with E-state index in [0.29, 0.717) is 11.4 Å². The molecule has 0 radical (unpaired) electrons. The second-order valence-corrected chi connectivity index (χ2v) is 8.06. The average Bonchev–Trinajstić information content (AvgIpc) is 2.69. The fourth-order valence-corrected chi connectivity index (χ4v) is 4.18. The summed E-state index contributed by atoms with van der Waals surface area (Å²) < 4.78 is 27.8. The molecule has 0 atom stereocenters. The first-order chi connectivity index (χ1) is 12.6. The summed E-state index contributed by atoms with van der Waals surface area (Å²) in [5.74, 6) is 0. The molecule has 3 aromatic rings. The van der Waals surface area contributed by atoms with Gasteiger partial charge in [0.2, 0.25) is 10.0 Å². The first-order valence-corrected chi connectivity index (χ1v) is 10.1. The summed E-state index contributed by atoms with van der Waals surface area (Å²) in [6.07, 6.45) is 4.35. The molecular weight excluding hydrogens is 344 g/mol. The third kappa shape index (κ3) is 4.36. The molecule has 0 saturated carbocycles. The normalized spacial score (nSPS) is 11.6. The van der Waals surface area contributed by atoms with E-state index in [9.17, 15) is 8.42 Å². The van der Waals surface area contributed by atoms with Crippen LogP contribution in [0.5, 0.6) is 0 Å². The molecule has 4 nitrogen and oxygen atoms in total. The van der Waals surface area contributed by atoms with E-state index in [0.717, 1.165) is 17.5 Å². The zero-order chi connectivity index (χ0) is 18.4. The predicted octanol–water partition coefficient (Wildman–Crippen LogP) is 4.04. The van der Waals surface area contributed by atoms with Crippen LogP contribution in [0.2, 0.25) is 0 Å². The molecule has 0 unspecified atom stereocenters. The van der Waals surface area contributed by atoms with Gasteiger partial charge in [-0.2, -0.15) is 4.31 Å². The standard InChI is InChI=1S/C21H22N2O2S/c1-2-18-10-12-19(13-11-18)16-23(17-20-7-6-14-22-15-20)26(24,25)21-8-4-3-5-9-21/h3-15H,2,16-17H2,1H3. The van der Waals surface area contributed by atoms with Crippen LogP contribution in [0.25, 0.3) is 0 Å². The van der Waals surface area contributed by atoms with Gasteiger partial charge >= 0.3 is 0 Å². The van der Waals surface area contributed by atoms with E-state index in [1.165, 1.54) is 9.87 Å². The molecule has 5 heteroatoms. The Kier molecular flexibility index (Phi) is 5.81. The zero-order valence-electron chi connectivity index (χ0n) is 14.7. The number of benzene rings is 2. The van der Waals surface area contributed by atoms with Gasteiger partial charge < -0.3 is 0 Å². The Balaban J connectivity index is 1.93. The van der Waals surface area contributed by atoms with Crippen LogP contribution in [0.4, 0.5) is 0 Å². The molecule has 0 spiro atoms. The minimum Gasteiger partial charge on any atom is -0.264 e. The lowest BCUT2D eigenvalue weighted by Crippen LogP contribution is -2.30. The lowest BCUT2D eigenvalue weighted by atomic mass is 10.1. The van der Waals surface area contributed by atoms with Crippen molar-refractivity contribution in [2.75, 3.05) is 0 Å². The first-order valence-electron chi connectivity index (χ1n) is 8.61. The summed E-state index contributed by atoms with van der Waals surface area (Å²) in [5, 5.41) is 0. The predicted molar refractivity (Wildman–Crippen MR) is 103 cm³/mol. The third-order valence-electron chi connectivity index (χ3n) is 4.25. The van der Waals surface area contributed by atoms with Crippen molar-refractivity contribution in [2.24, 2.45) is 0 Å². The number of aryl methyl sites for hydroxylation is 1. The summed E-state index contributed by atoms with van der Waals surface area (Å²) >= 11 is 0. The molecule has 0 N–H and O–H groups in total. The third-order valence-corrected chi connectivity index (χ3v) is 6.06. The highest BCUT2D eigenvalue weighted by Crippen LogP contribution is 2.21. The number of rotatable bonds is 7. The van der Waals surface area contributed by atoms with Crippen LogP contribution >= 0.6 is 0 Å². The monoisotopic (exact) mass is 366 g/mol. The minimum atomic E-state index is -3.61. The summed E-state index contributed by atoms with van der Waals surface area (Å²) in [6, 6.07) is 20.4. The van der Waals surface area contributed by atoms with Crippen molar-refractivity contribution in [3.05, 3.63) is 95.8 Å². The number of hydrogen-bond acceptors (Lipinski definition) is 3. The van der Waals surface area contributed by atoms with E-state index < -0.39 is 10.0 Å². The number of pyridine rings is 1. The molecule has 134 valence electrons. The van der Waals surface area contributed by atoms with Gasteiger partial charge in [-0.25, -0.2) is 8.42 Å². The number of hydrogen-bond donors (Lipinski definition) is 0. The van der Waals surface area contributed by atoms with E-state index in [-0.39, 0.29) is 6.54 Å². The lowest BCUT2D eigenvalue weighted by Gasteiger charge is -2.22. The second kappa shape index (κ2) is 8.25. The first kappa shape index (κ1) is 18.3. The molecular formula is C21H22N2O2S. The topological polar surface area (TPSA) is 50.3 Å². The summed E-state index contributed by atoms with van der Waals surface area (Å²) in [7, 11) is -3.61. The van der Waals surface area contributed by atoms with Crippen molar-refractivity contribution < 1.29 is 8.42 Å². The van der Waals surface area contributed by atoms with Crippen molar-refractivity contribution >= 4 is 10.0 Å². The van der Waals surface area contributed by atoms with Crippen molar-refractivity contribution in [1.82, 2.24) is 9.29 Å². The SMILES string of the molecule is CCc1ccc(CN(Cc2cccnc2)S(=O)(=O)c2ccccc2)cc1. The molecule has 0 aliphatic heterocycles. The highest BCUT2D eigenvalue weighted by atomic mass is 32.2. The Labute approximate surface area is 155 Å². The lowest BCUT2D eigenvalue weighted by molar-refractivity contribution is 0.400. The van der Waals surface area contributed by atoms with Gasteiger partial charge in [-0.1, -0.05) is 55.5 Å². The van der Waals surface area contributed by atoms with Gasteiger partial charge in [0.05, 0.1) is 4.90 Å². The fourth-order valence-electron chi connectivity index (χ4n) is 2.75. The van der Waals surface area contributed by atoms with E-state index in [4.69, 9.17) is 0 Å². The van der Waals surface area contributed by atoms with Crippen molar-refractivity contribution in [2.45, 2.75) is 31.3 Å². The van der Waals surface area contributed by atoms with Crippen molar-refractivity contribution in [3.8, 4) is 0 Å². The van der Waals surface area contributed by atoms with Crippen molar-refractivity contribution in [3.63, 3.8) is 0 Å². The summed E-state index contributed by atoms with van der Waals surface area (Å²) in [6.45, 7) is 2.69. The Hall–Kier alpha value is -2.50. The number of aromatic nitrogens is 1. The van der Waals surface area contributed by atoms with Gasteiger partial charge in [0, 0.05) is 25.5 Å². The average molecular weight is 366 g/mol. The maximum atomic E-state index is 13.2. The van der Waals surface area contributed by atoms with E-state index in [1.54, 1.807) is 36.7 Å². The Morgan fingerprint density at radius 3 is 2.08 bits per heavy atom. The molecule has 1 aromatic heterocycles. The van der Waals surface area contributed by atoms with Crippen LogP contribution in [0, 0.1) is 0 Å². The van der Waals surface area contributed by atoms with Gasteiger partial charge in [0.25, 0.3) is 0 Å². The maximum absolute atomic E-state index is 13.2. The summed E-state index contributed by atoms with van der Waals surface area (Å²) in [5.41, 5.74) is 3.06. The van der Waals surface area contributed by atoms with Crippen LogP contribution in [-0.4, -0.2) is 17.7 Å². The molecule has 0 saturated heterocycles. The van der Waals surface area contributed by atoms with Crippen LogP contribution in [-0.2, 0) is 29.5 Å². The smallest absolute Gasteiger partial charge is 0.243 e. The van der Waals surface area contributed by atoms with Crippen LogP contribution in [0.3, 0.4) is 0 Å². The van der Waals surface area contributed by atoms with Crippen LogP contribution in [0.1, 0.15) is 23.6 Å². The van der Waals surface area contributed by atoms with E-state index in [2.05, 4.69) is 11.9 Å². The Bertz CT molecular complexity index is 925. The molecule has 1 heterocycles. The van der Waals surface area contributed by atoms with Crippen molar-refractivity contribution in [1.29, 1.82) is 0 Å². The van der Waals surface area contributed by atoms with Crippen LogP contribution < -0.4 is 0 Å². The fraction of sp³-hybridized carbons (Fsp3) is 0.190. The number of nitrogens with zero attached hydrogens (tertiary/aromatic N) is 2. The molecule has 2 aromatic carbocycles. The molecule has 0 aliphatic rings. The van der Waals surface area contributed by atoms with Gasteiger partial charge in [0.1, 0.15) is 0 Å². The maximum Gasteiger partial charge on any atom is 0.243 e. The highest BCUT2D eigenvalue weighted by molar-refractivity contribution is 7.89. The van der Waals surface area contributed by atoms with E-state index in [1.807, 2.05) is 42.5 Å². The molecule has 0 bridgehead atoms. The van der Waals surface area contributed by atoms with Gasteiger partial charge in [0.15, 0.2) is 0 Å². The highest BCUT2D eigenvalue weighted by Gasteiger charge is 2.24. The van der Waals surface area contributed by atoms with Gasteiger partial charge in [-0.15, -0.1) is 0 Å². The number of sulfonamides is 1. The minimum absolute atomic E-state index is 0.278. The second-order valence-electron chi connectivity index (χ2n) is 6.12. The molecule has 0 fully saturated rings.